The first kappa shape index (κ1) is 12.1. The van der Waals surface area contributed by atoms with Crippen LogP contribution in [0.4, 0.5) is 18.9 Å². The Hall–Kier alpha value is -0.950. The maximum absolute atomic E-state index is 12.3. The second kappa shape index (κ2) is 3.90. The van der Waals surface area contributed by atoms with Crippen molar-refractivity contribution in [1.82, 2.24) is 0 Å². The van der Waals surface area contributed by atoms with Gasteiger partial charge < -0.3 is 0 Å². The van der Waals surface area contributed by atoms with Gasteiger partial charge in [0.05, 0.1) is 10.5 Å². The van der Waals surface area contributed by atoms with Crippen molar-refractivity contribution in [2.75, 3.05) is 0 Å². The zero-order valence-electron chi connectivity index (χ0n) is 6.88. The van der Waals surface area contributed by atoms with E-state index in [9.17, 15) is 23.3 Å². The number of nitro benzene ring substituents is 1. The predicted molar refractivity (Wildman–Crippen MR) is 50.4 cm³/mol. The first-order chi connectivity index (χ1) is 6.75. The predicted octanol–water partition coefficient (Wildman–Crippen LogP) is 3.56. The third-order valence-electron chi connectivity index (χ3n) is 1.60. The van der Waals surface area contributed by atoms with Crippen LogP contribution in [0.1, 0.15) is 5.56 Å². The zero-order chi connectivity index (χ0) is 11.8. The first-order valence-corrected chi connectivity index (χ1v) is 4.30. The van der Waals surface area contributed by atoms with Crippen LogP contribution in [0, 0.1) is 10.1 Å². The fraction of sp³-hybridized carbons (Fsp3) is 0.143. The molecule has 0 unspecified atom stereocenters. The molecule has 0 aliphatic heterocycles. The van der Waals surface area contributed by atoms with Crippen molar-refractivity contribution in [3.05, 3.63) is 32.8 Å². The highest BCUT2D eigenvalue weighted by Crippen LogP contribution is 2.40. The third-order valence-corrected chi connectivity index (χ3v) is 2.58. The molecule has 3 nitrogen and oxygen atoms in total. The van der Waals surface area contributed by atoms with E-state index in [1.807, 2.05) is 0 Å². The van der Waals surface area contributed by atoms with E-state index < -0.39 is 32.3 Å². The van der Waals surface area contributed by atoms with Crippen molar-refractivity contribution < 1.29 is 18.1 Å². The standard InChI is InChI=1S/C7H3ClF3NO2S/c8-5-4(12(13)14)2-1-3(6(5)15)7(9,10)11/h1-2,15H. The fourth-order valence-corrected chi connectivity index (χ4v) is 1.47. The summed E-state index contributed by atoms with van der Waals surface area (Å²) in [5, 5.41) is 9.73. The van der Waals surface area contributed by atoms with Crippen molar-refractivity contribution in [3.8, 4) is 0 Å². The Morgan fingerprint density at radius 1 is 1.40 bits per heavy atom. The summed E-state index contributed by atoms with van der Waals surface area (Å²) in [7, 11) is 0. The number of nitro groups is 1. The molecule has 1 aromatic carbocycles. The molecule has 0 N–H and O–H groups in total. The zero-order valence-corrected chi connectivity index (χ0v) is 8.53. The Balaban J connectivity index is 3.41. The molecule has 82 valence electrons. The van der Waals surface area contributed by atoms with Crippen molar-refractivity contribution in [1.29, 1.82) is 0 Å². The quantitative estimate of drug-likeness (QED) is 0.475. The molecule has 0 aromatic heterocycles. The number of thiol groups is 1. The lowest BCUT2D eigenvalue weighted by Gasteiger charge is -2.10. The molecule has 1 rings (SSSR count). The van der Waals surface area contributed by atoms with Crippen LogP contribution in [0.15, 0.2) is 17.0 Å². The SMILES string of the molecule is O=[N+]([O-])c1ccc(C(F)(F)F)c(S)c1Cl. The number of benzene rings is 1. The highest BCUT2D eigenvalue weighted by atomic mass is 35.5. The topological polar surface area (TPSA) is 43.1 Å². The lowest BCUT2D eigenvalue weighted by Crippen LogP contribution is -2.07. The molecule has 0 aliphatic rings. The molecule has 15 heavy (non-hydrogen) atoms. The van der Waals surface area contributed by atoms with Gasteiger partial charge >= 0.3 is 6.18 Å². The van der Waals surface area contributed by atoms with E-state index in [1.54, 1.807) is 0 Å². The molecule has 0 spiro atoms. The van der Waals surface area contributed by atoms with Gasteiger partial charge in [0, 0.05) is 11.0 Å². The molecule has 0 fully saturated rings. The van der Waals surface area contributed by atoms with E-state index in [2.05, 4.69) is 12.6 Å². The number of hydrogen-bond acceptors (Lipinski definition) is 3. The van der Waals surface area contributed by atoms with Gasteiger partial charge in [0.15, 0.2) is 0 Å². The maximum atomic E-state index is 12.3. The molecule has 8 heteroatoms. The highest BCUT2D eigenvalue weighted by molar-refractivity contribution is 7.80. The molecular weight excluding hydrogens is 255 g/mol. The lowest BCUT2D eigenvalue weighted by atomic mass is 10.2. The number of rotatable bonds is 1. The van der Waals surface area contributed by atoms with Crippen LogP contribution in [0.3, 0.4) is 0 Å². The maximum Gasteiger partial charge on any atom is 0.417 e. The minimum Gasteiger partial charge on any atom is -0.258 e. The van der Waals surface area contributed by atoms with Crippen molar-refractivity contribution >= 4 is 29.9 Å². The average Bonchev–Trinajstić information content (AvgIpc) is 2.06. The number of hydrogen-bond donors (Lipinski definition) is 1. The Morgan fingerprint density at radius 2 is 1.93 bits per heavy atom. The largest absolute Gasteiger partial charge is 0.417 e. The van der Waals surface area contributed by atoms with Crippen LogP contribution in [-0.4, -0.2) is 4.92 Å². The molecule has 0 atom stereocenters. The van der Waals surface area contributed by atoms with Gasteiger partial charge in [0.25, 0.3) is 5.69 Å². The van der Waals surface area contributed by atoms with Gasteiger partial charge in [0.1, 0.15) is 5.02 Å². The molecule has 0 amide bonds. The number of halogens is 4. The van der Waals surface area contributed by atoms with Crippen LogP contribution >= 0.6 is 24.2 Å². The van der Waals surface area contributed by atoms with E-state index in [-0.39, 0.29) is 0 Å². The van der Waals surface area contributed by atoms with Crippen molar-refractivity contribution in [3.63, 3.8) is 0 Å². The molecule has 1 aromatic rings. The van der Waals surface area contributed by atoms with Crippen molar-refractivity contribution in [2.24, 2.45) is 0 Å². The molecule has 0 saturated heterocycles. The summed E-state index contributed by atoms with van der Waals surface area (Å²) in [6.45, 7) is 0. The van der Waals surface area contributed by atoms with Gasteiger partial charge in [-0.05, 0) is 6.07 Å². The number of nitrogens with zero attached hydrogens (tertiary/aromatic N) is 1. The summed E-state index contributed by atoms with van der Waals surface area (Å²) in [5.41, 5.74) is -1.70. The molecule has 0 saturated carbocycles. The normalized spacial score (nSPS) is 11.5. The molecule has 0 radical (unpaired) electrons. The second-order valence-electron chi connectivity index (χ2n) is 2.55. The number of alkyl halides is 3. The molecule has 0 aliphatic carbocycles. The third kappa shape index (κ3) is 2.35. The Bertz CT molecular complexity index is 421. The van der Waals surface area contributed by atoms with E-state index in [4.69, 9.17) is 11.6 Å². The Labute approximate surface area is 92.4 Å². The van der Waals surface area contributed by atoms with Crippen LogP contribution < -0.4 is 0 Å². The van der Waals surface area contributed by atoms with Gasteiger partial charge in [-0.2, -0.15) is 13.2 Å². The second-order valence-corrected chi connectivity index (χ2v) is 3.37. The summed E-state index contributed by atoms with van der Waals surface area (Å²) in [6.07, 6.45) is -4.63. The monoisotopic (exact) mass is 257 g/mol. The summed E-state index contributed by atoms with van der Waals surface area (Å²) in [4.78, 5) is 8.83. The Morgan fingerprint density at radius 3 is 2.33 bits per heavy atom. The highest BCUT2D eigenvalue weighted by Gasteiger charge is 2.35. The molecule has 0 bridgehead atoms. The van der Waals surface area contributed by atoms with Crippen LogP contribution in [0.25, 0.3) is 0 Å². The van der Waals surface area contributed by atoms with Crippen molar-refractivity contribution in [2.45, 2.75) is 11.1 Å². The van der Waals surface area contributed by atoms with Gasteiger partial charge in [-0.25, -0.2) is 0 Å². The smallest absolute Gasteiger partial charge is 0.258 e. The summed E-state index contributed by atoms with van der Waals surface area (Å²) in [5.74, 6) is 0. The van der Waals surface area contributed by atoms with E-state index in [1.165, 1.54) is 0 Å². The fourth-order valence-electron chi connectivity index (χ4n) is 0.924. The summed E-state index contributed by atoms with van der Waals surface area (Å²) >= 11 is 8.89. The summed E-state index contributed by atoms with van der Waals surface area (Å²) in [6, 6.07) is 1.28. The van der Waals surface area contributed by atoms with E-state index >= 15 is 0 Å². The minimum atomic E-state index is -4.63. The van der Waals surface area contributed by atoms with Gasteiger partial charge in [-0.15, -0.1) is 12.6 Å². The summed E-state index contributed by atoms with van der Waals surface area (Å²) < 4.78 is 36.9. The van der Waals surface area contributed by atoms with E-state index in [0.29, 0.717) is 12.1 Å². The van der Waals surface area contributed by atoms with Crippen LogP contribution in [-0.2, 0) is 6.18 Å². The Kier molecular flexibility index (Phi) is 3.15. The molecular formula is C7H3ClF3NO2S. The van der Waals surface area contributed by atoms with E-state index in [0.717, 1.165) is 0 Å². The molecule has 0 heterocycles. The first-order valence-electron chi connectivity index (χ1n) is 3.48. The lowest BCUT2D eigenvalue weighted by molar-refractivity contribution is -0.385. The van der Waals surface area contributed by atoms with Crippen LogP contribution in [0.2, 0.25) is 5.02 Å². The average molecular weight is 258 g/mol. The van der Waals surface area contributed by atoms with Gasteiger partial charge in [-0.3, -0.25) is 10.1 Å². The van der Waals surface area contributed by atoms with Crippen LogP contribution in [0.5, 0.6) is 0 Å². The minimum absolute atomic E-state index is 0.576. The van der Waals surface area contributed by atoms with Gasteiger partial charge in [-0.1, -0.05) is 11.6 Å². The van der Waals surface area contributed by atoms with Gasteiger partial charge in [0.2, 0.25) is 0 Å².